The van der Waals surface area contributed by atoms with Crippen molar-refractivity contribution in [3.63, 3.8) is 0 Å². The quantitative estimate of drug-likeness (QED) is 0.908. The maximum absolute atomic E-state index is 12.3. The van der Waals surface area contributed by atoms with Gasteiger partial charge in [0.05, 0.1) is 0 Å². The topological polar surface area (TPSA) is 41.6 Å². The summed E-state index contributed by atoms with van der Waals surface area (Å²) in [4.78, 5) is 14.7. The number of nitrogens with zero attached hydrogens (tertiary/aromatic N) is 1. The highest BCUT2D eigenvalue weighted by Crippen LogP contribution is 2.30. The maximum Gasteiger partial charge on any atom is 0.253 e. The summed E-state index contributed by atoms with van der Waals surface area (Å²) in [6.45, 7) is 8.27. The fraction of sp³-hybridized carbons (Fsp3) is 0.611. The highest BCUT2D eigenvalue weighted by atomic mass is 16.5. The number of hydrogen-bond acceptors (Lipinski definition) is 3. The molecule has 1 aromatic rings. The Morgan fingerprint density at radius 2 is 2.27 bits per heavy atom. The molecule has 120 valence electrons. The van der Waals surface area contributed by atoms with Crippen LogP contribution in [0.2, 0.25) is 0 Å². The molecule has 1 saturated heterocycles. The van der Waals surface area contributed by atoms with E-state index in [1.807, 2.05) is 12.1 Å². The fourth-order valence-electron chi connectivity index (χ4n) is 3.20. The van der Waals surface area contributed by atoms with Crippen molar-refractivity contribution in [2.45, 2.75) is 52.3 Å². The predicted molar refractivity (Wildman–Crippen MR) is 87.6 cm³/mol. The van der Waals surface area contributed by atoms with E-state index < -0.39 is 0 Å². The molecule has 0 radical (unpaired) electrons. The van der Waals surface area contributed by atoms with Gasteiger partial charge in [0.25, 0.3) is 5.91 Å². The number of hydrogen-bond donors (Lipinski definition) is 1. The second-order valence-electron chi connectivity index (χ2n) is 6.83. The van der Waals surface area contributed by atoms with Crippen molar-refractivity contribution in [1.82, 2.24) is 4.90 Å². The summed E-state index contributed by atoms with van der Waals surface area (Å²) < 4.78 is 5.47. The lowest BCUT2D eigenvalue weighted by Crippen LogP contribution is -2.27. The second-order valence-corrected chi connectivity index (χ2v) is 6.83. The highest BCUT2D eigenvalue weighted by Gasteiger charge is 2.26. The van der Waals surface area contributed by atoms with E-state index in [1.54, 1.807) is 0 Å². The number of amides is 1. The van der Waals surface area contributed by atoms with E-state index in [4.69, 9.17) is 4.74 Å². The van der Waals surface area contributed by atoms with Crippen molar-refractivity contribution in [3.8, 4) is 0 Å². The van der Waals surface area contributed by atoms with Crippen molar-refractivity contribution in [3.05, 3.63) is 29.3 Å². The van der Waals surface area contributed by atoms with E-state index in [9.17, 15) is 4.79 Å². The van der Waals surface area contributed by atoms with Crippen molar-refractivity contribution >= 4 is 11.6 Å². The Kier molecular flexibility index (Phi) is 4.79. The van der Waals surface area contributed by atoms with Gasteiger partial charge >= 0.3 is 0 Å². The van der Waals surface area contributed by atoms with Crippen LogP contribution in [0.1, 0.15) is 44.2 Å². The van der Waals surface area contributed by atoms with Crippen LogP contribution in [0.25, 0.3) is 0 Å². The molecule has 1 N–H and O–H groups in total. The zero-order valence-electron chi connectivity index (χ0n) is 13.6. The Hall–Kier alpha value is -1.39. The third kappa shape index (κ3) is 3.50. The number of carbonyl (C=O) groups excluding carboxylic acids is 1. The van der Waals surface area contributed by atoms with Crippen LogP contribution in [0.5, 0.6) is 0 Å². The first kappa shape index (κ1) is 15.5. The van der Waals surface area contributed by atoms with Gasteiger partial charge in [-0.05, 0) is 48.9 Å². The molecule has 3 rings (SSSR count). The molecular formula is C18H26N2O2. The molecule has 1 aromatic carbocycles. The van der Waals surface area contributed by atoms with E-state index >= 15 is 0 Å². The highest BCUT2D eigenvalue weighted by molar-refractivity contribution is 5.95. The molecule has 1 amide bonds. The van der Waals surface area contributed by atoms with Gasteiger partial charge in [0, 0.05) is 25.4 Å². The summed E-state index contributed by atoms with van der Waals surface area (Å²) in [5.41, 5.74) is 3.58. The predicted octanol–water partition coefficient (Wildman–Crippen LogP) is 3.17. The normalized spacial score (nSPS) is 21.3. The summed E-state index contributed by atoms with van der Waals surface area (Å²) >= 11 is 0. The third-order valence-corrected chi connectivity index (χ3v) is 4.55. The maximum atomic E-state index is 12.3. The zero-order valence-corrected chi connectivity index (χ0v) is 13.6. The van der Waals surface area contributed by atoms with Gasteiger partial charge in [-0.3, -0.25) is 9.69 Å². The molecule has 0 unspecified atom stereocenters. The lowest BCUT2D eigenvalue weighted by atomic mass is 10.1. The minimum absolute atomic E-state index is 0.00605. The van der Waals surface area contributed by atoms with Crippen LogP contribution in [0.3, 0.4) is 0 Å². The molecule has 1 fully saturated rings. The minimum atomic E-state index is -0.269. The van der Waals surface area contributed by atoms with E-state index in [2.05, 4.69) is 30.1 Å². The van der Waals surface area contributed by atoms with Crippen molar-refractivity contribution < 1.29 is 9.53 Å². The Balaban J connectivity index is 1.65. The van der Waals surface area contributed by atoms with Crippen LogP contribution in [0, 0.1) is 5.92 Å². The van der Waals surface area contributed by atoms with Gasteiger partial charge in [-0.2, -0.15) is 0 Å². The summed E-state index contributed by atoms with van der Waals surface area (Å²) in [6, 6.07) is 6.22. The van der Waals surface area contributed by atoms with Gasteiger partial charge < -0.3 is 10.1 Å². The molecule has 0 aromatic heterocycles. The Morgan fingerprint density at radius 1 is 1.41 bits per heavy atom. The van der Waals surface area contributed by atoms with Gasteiger partial charge in [-0.15, -0.1) is 0 Å². The molecule has 1 atom stereocenters. The van der Waals surface area contributed by atoms with Crippen LogP contribution in [-0.4, -0.2) is 30.1 Å². The molecule has 0 saturated carbocycles. The van der Waals surface area contributed by atoms with E-state index in [0.29, 0.717) is 6.61 Å². The van der Waals surface area contributed by atoms with Crippen LogP contribution in [0.4, 0.5) is 5.69 Å². The number of ether oxygens (including phenoxy) is 1. The van der Waals surface area contributed by atoms with Crippen molar-refractivity contribution in [1.29, 1.82) is 0 Å². The second kappa shape index (κ2) is 6.80. The Morgan fingerprint density at radius 3 is 3.00 bits per heavy atom. The molecule has 2 heterocycles. The third-order valence-electron chi connectivity index (χ3n) is 4.55. The van der Waals surface area contributed by atoms with Gasteiger partial charge in [-0.1, -0.05) is 26.0 Å². The number of carbonyl (C=O) groups is 1. The van der Waals surface area contributed by atoms with Crippen molar-refractivity contribution in [2.75, 3.05) is 18.5 Å². The number of anilines is 1. The molecule has 22 heavy (non-hydrogen) atoms. The zero-order chi connectivity index (χ0) is 15.5. The number of rotatable bonds is 5. The Bertz CT molecular complexity index is 536. The minimum Gasteiger partial charge on any atom is -0.368 e. The first-order valence-corrected chi connectivity index (χ1v) is 8.39. The lowest BCUT2D eigenvalue weighted by Gasteiger charge is -2.16. The van der Waals surface area contributed by atoms with Gasteiger partial charge in [0.2, 0.25) is 0 Å². The molecule has 4 heteroatoms. The first-order valence-electron chi connectivity index (χ1n) is 8.39. The molecule has 2 aliphatic heterocycles. The molecule has 0 bridgehead atoms. The van der Waals surface area contributed by atoms with E-state index in [1.165, 1.54) is 17.5 Å². The average molecular weight is 302 g/mol. The molecular weight excluding hydrogens is 276 g/mol. The molecule has 4 nitrogen and oxygen atoms in total. The van der Waals surface area contributed by atoms with Crippen LogP contribution >= 0.6 is 0 Å². The SMILES string of the molecule is CC(C)CCN1Cc2cccc(NC(=O)[C@@H]3CCCO3)c2C1. The largest absolute Gasteiger partial charge is 0.368 e. The van der Waals surface area contributed by atoms with Gasteiger partial charge in [-0.25, -0.2) is 0 Å². The summed E-state index contributed by atoms with van der Waals surface area (Å²) in [5.74, 6) is 0.730. The van der Waals surface area contributed by atoms with Crippen molar-refractivity contribution in [2.24, 2.45) is 5.92 Å². The van der Waals surface area contributed by atoms with Gasteiger partial charge in [0.15, 0.2) is 0 Å². The van der Waals surface area contributed by atoms with Crippen LogP contribution in [0.15, 0.2) is 18.2 Å². The molecule has 2 aliphatic rings. The smallest absolute Gasteiger partial charge is 0.253 e. The number of fused-ring (bicyclic) bond motifs is 1. The molecule has 0 spiro atoms. The van der Waals surface area contributed by atoms with Crippen LogP contribution in [-0.2, 0) is 22.6 Å². The summed E-state index contributed by atoms with van der Waals surface area (Å²) in [5, 5.41) is 3.08. The lowest BCUT2D eigenvalue weighted by molar-refractivity contribution is -0.124. The number of nitrogens with one attached hydrogen (secondary N) is 1. The summed E-state index contributed by atoms with van der Waals surface area (Å²) in [7, 11) is 0. The Labute approximate surface area is 132 Å². The standard InChI is InChI=1S/C18H26N2O2/c1-13(2)8-9-20-11-14-5-3-6-16(15(14)12-20)19-18(21)17-7-4-10-22-17/h3,5-6,13,17H,4,7-12H2,1-2H3,(H,19,21)/t17-/m0/s1. The first-order chi connectivity index (χ1) is 10.6. The van der Waals surface area contributed by atoms with E-state index in [-0.39, 0.29) is 12.0 Å². The van der Waals surface area contributed by atoms with Gasteiger partial charge in [0.1, 0.15) is 6.10 Å². The van der Waals surface area contributed by atoms with E-state index in [0.717, 1.165) is 44.1 Å². The monoisotopic (exact) mass is 302 g/mol. The average Bonchev–Trinajstić information content (AvgIpc) is 3.14. The fourth-order valence-corrected chi connectivity index (χ4v) is 3.20. The van der Waals surface area contributed by atoms with Crippen LogP contribution < -0.4 is 5.32 Å². The number of benzene rings is 1. The molecule has 0 aliphatic carbocycles. The summed E-state index contributed by atoms with van der Waals surface area (Å²) in [6.07, 6.45) is 2.76.